The molecule has 1 aliphatic heterocycles. The van der Waals surface area contributed by atoms with Crippen molar-refractivity contribution in [2.75, 3.05) is 36.0 Å². The first-order valence-electron chi connectivity index (χ1n) is 10.3. The van der Waals surface area contributed by atoms with Crippen molar-refractivity contribution in [1.82, 2.24) is 20.5 Å². The minimum Gasteiger partial charge on any atom is -0.355 e. The Morgan fingerprint density at radius 2 is 1.76 bits per heavy atom. The Bertz CT molecular complexity index is 1020. The molecular weight excluding hydrogens is 364 g/mol. The summed E-state index contributed by atoms with van der Waals surface area (Å²) < 4.78 is 0. The van der Waals surface area contributed by atoms with Gasteiger partial charge in [-0.25, -0.2) is 4.98 Å². The maximum absolute atomic E-state index is 12.9. The summed E-state index contributed by atoms with van der Waals surface area (Å²) >= 11 is 0. The fourth-order valence-electron chi connectivity index (χ4n) is 3.84. The van der Waals surface area contributed by atoms with Gasteiger partial charge in [0.25, 0.3) is 5.91 Å². The van der Waals surface area contributed by atoms with Gasteiger partial charge in [-0.3, -0.25) is 4.79 Å². The number of carbonyl (C=O) groups is 1. The van der Waals surface area contributed by atoms with Gasteiger partial charge in [-0.05, 0) is 43.5 Å². The molecule has 0 atom stereocenters. The van der Waals surface area contributed by atoms with Crippen molar-refractivity contribution in [3.63, 3.8) is 0 Å². The van der Waals surface area contributed by atoms with E-state index in [1.165, 1.54) is 0 Å². The lowest BCUT2D eigenvalue weighted by molar-refractivity contribution is 0.0952. The summed E-state index contributed by atoms with van der Waals surface area (Å²) in [6, 6.07) is 14.1. The Hall–Kier alpha value is -3.22. The summed E-state index contributed by atoms with van der Waals surface area (Å²) in [5.74, 6) is 1.78. The van der Waals surface area contributed by atoms with Crippen LogP contribution in [0.4, 0.5) is 11.6 Å². The highest BCUT2D eigenvalue weighted by molar-refractivity contribution is 6.07. The predicted octanol–water partition coefficient (Wildman–Crippen LogP) is 2.63. The number of pyridine rings is 1. The van der Waals surface area contributed by atoms with Gasteiger partial charge < -0.3 is 15.1 Å². The molecule has 1 amide bonds. The average Bonchev–Trinajstić information content (AvgIpc) is 3.60. The number of hydrogen-bond donors (Lipinski definition) is 1. The molecule has 0 bridgehead atoms. The molecule has 148 valence electrons. The Balaban J connectivity index is 1.43. The minimum absolute atomic E-state index is 0.00311. The van der Waals surface area contributed by atoms with Gasteiger partial charge in [0, 0.05) is 43.8 Å². The number of nitrogens with zero attached hydrogens (tertiary/aromatic N) is 5. The largest absolute Gasteiger partial charge is 0.355 e. The maximum Gasteiger partial charge on any atom is 0.252 e. The Labute approximate surface area is 169 Å². The van der Waals surface area contributed by atoms with Crippen molar-refractivity contribution in [3.8, 4) is 0 Å². The molecule has 2 aromatic heterocycles. The molecule has 7 heteroatoms. The number of nitrogens with one attached hydrogen (secondary N) is 1. The third-order valence-electron chi connectivity index (χ3n) is 5.56. The van der Waals surface area contributed by atoms with Gasteiger partial charge in [0.15, 0.2) is 5.82 Å². The van der Waals surface area contributed by atoms with E-state index >= 15 is 0 Å². The lowest BCUT2D eigenvalue weighted by atomic mass is 10.1. The molecule has 0 unspecified atom stereocenters. The van der Waals surface area contributed by atoms with Crippen LogP contribution in [0.1, 0.15) is 29.6 Å². The first-order chi connectivity index (χ1) is 14.3. The maximum atomic E-state index is 12.9. The molecule has 3 aromatic rings. The Morgan fingerprint density at radius 3 is 2.52 bits per heavy atom. The molecule has 5 rings (SSSR count). The third kappa shape index (κ3) is 3.85. The summed E-state index contributed by atoms with van der Waals surface area (Å²) in [5.41, 5.74) is 1.58. The highest BCUT2D eigenvalue weighted by atomic mass is 16.1. The van der Waals surface area contributed by atoms with E-state index < -0.39 is 0 Å². The standard InChI is InChI=1S/C22H24N6O/c29-22(24-16-8-9-16)18-15-21(25-19-6-2-1-5-17(18)19)28-12-4-11-27(13-14-28)20-7-3-10-23-26-20/h1-3,5-7,10,15-16H,4,8-9,11-14H2,(H,24,29). The van der Waals surface area contributed by atoms with Crippen molar-refractivity contribution >= 4 is 28.4 Å². The number of rotatable bonds is 4. The minimum atomic E-state index is 0.00311. The number of amides is 1. The number of anilines is 2. The van der Waals surface area contributed by atoms with Gasteiger partial charge in [-0.2, -0.15) is 5.10 Å². The van der Waals surface area contributed by atoms with Gasteiger partial charge in [0.1, 0.15) is 5.82 Å². The molecule has 1 saturated carbocycles. The lowest BCUT2D eigenvalue weighted by Crippen LogP contribution is -2.32. The van der Waals surface area contributed by atoms with Crippen molar-refractivity contribution in [2.24, 2.45) is 0 Å². The van der Waals surface area contributed by atoms with Crippen LogP contribution in [-0.2, 0) is 0 Å². The molecular formula is C22H24N6O. The van der Waals surface area contributed by atoms with E-state index in [0.717, 1.165) is 68.0 Å². The first-order valence-corrected chi connectivity index (χ1v) is 10.3. The summed E-state index contributed by atoms with van der Waals surface area (Å²) in [6.45, 7) is 3.49. The summed E-state index contributed by atoms with van der Waals surface area (Å²) in [4.78, 5) is 22.3. The fourth-order valence-corrected chi connectivity index (χ4v) is 3.84. The normalized spacial score (nSPS) is 17.2. The van der Waals surface area contributed by atoms with E-state index in [-0.39, 0.29) is 5.91 Å². The Morgan fingerprint density at radius 1 is 0.966 bits per heavy atom. The van der Waals surface area contributed by atoms with Gasteiger partial charge in [-0.1, -0.05) is 18.2 Å². The Kier molecular flexibility index (Phi) is 4.71. The monoisotopic (exact) mass is 388 g/mol. The lowest BCUT2D eigenvalue weighted by Gasteiger charge is -2.24. The molecule has 1 aliphatic carbocycles. The van der Waals surface area contributed by atoms with Crippen LogP contribution in [0.3, 0.4) is 0 Å². The zero-order chi connectivity index (χ0) is 19.6. The second-order valence-corrected chi connectivity index (χ2v) is 7.70. The third-order valence-corrected chi connectivity index (χ3v) is 5.56. The molecule has 3 heterocycles. The van der Waals surface area contributed by atoms with Crippen molar-refractivity contribution in [2.45, 2.75) is 25.3 Å². The van der Waals surface area contributed by atoms with E-state index in [2.05, 4.69) is 25.3 Å². The number of carbonyl (C=O) groups excluding carboxylic acids is 1. The smallest absolute Gasteiger partial charge is 0.252 e. The van der Waals surface area contributed by atoms with Crippen LogP contribution in [0.5, 0.6) is 0 Å². The van der Waals surface area contributed by atoms with Crippen LogP contribution >= 0.6 is 0 Å². The predicted molar refractivity (Wildman–Crippen MR) is 113 cm³/mol. The average molecular weight is 388 g/mol. The molecule has 2 fully saturated rings. The van der Waals surface area contributed by atoms with Gasteiger partial charge >= 0.3 is 0 Å². The summed E-state index contributed by atoms with van der Waals surface area (Å²) in [7, 11) is 0. The van der Waals surface area contributed by atoms with Crippen LogP contribution in [0.25, 0.3) is 10.9 Å². The van der Waals surface area contributed by atoms with E-state index in [4.69, 9.17) is 4.98 Å². The zero-order valence-electron chi connectivity index (χ0n) is 16.3. The second kappa shape index (κ2) is 7.66. The topological polar surface area (TPSA) is 74.2 Å². The zero-order valence-corrected chi connectivity index (χ0v) is 16.3. The molecule has 1 N–H and O–H groups in total. The fraction of sp³-hybridized carbons (Fsp3) is 0.364. The van der Waals surface area contributed by atoms with Crippen molar-refractivity contribution in [3.05, 3.63) is 54.2 Å². The van der Waals surface area contributed by atoms with Gasteiger partial charge in [0.2, 0.25) is 0 Å². The van der Waals surface area contributed by atoms with Crippen LogP contribution in [0.2, 0.25) is 0 Å². The van der Waals surface area contributed by atoms with E-state index in [1.807, 2.05) is 42.5 Å². The van der Waals surface area contributed by atoms with Crippen LogP contribution in [0, 0.1) is 0 Å². The quantitative estimate of drug-likeness (QED) is 0.741. The van der Waals surface area contributed by atoms with Crippen LogP contribution in [0.15, 0.2) is 48.7 Å². The van der Waals surface area contributed by atoms with Gasteiger partial charge in [-0.15, -0.1) is 5.10 Å². The number of para-hydroxylation sites is 1. The highest BCUT2D eigenvalue weighted by Crippen LogP contribution is 2.26. The SMILES string of the molecule is O=C(NC1CC1)c1cc(N2CCCN(c3cccnn3)CC2)nc2ccccc12. The van der Waals surface area contributed by atoms with Crippen LogP contribution in [-0.4, -0.2) is 53.3 Å². The molecule has 0 spiro atoms. The molecule has 29 heavy (non-hydrogen) atoms. The molecule has 7 nitrogen and oxygen atoms in total. The van der Waals surface area contributed by atoms with E-state index in [9.17, 15) is 4.79 Å². The number of aromatic nitrogens is 3. The number of benzene rings is 1. The van der Waals surface area contributed by atoms with Crippen LogP contribution < -0.4 is 15.1 Å². The number of fused-ring (bicyclic) bond motifs is 1. The first kappa shape index (κ1) is 17.8. The van der Waals surface area contributed by atoms with Crippen molar-refractivity contribution < 1.29 is 4.79 Å². The van der Waals surface area contributed by atoms with E-state index in [1.54, 1.807) is 6.20 Å². The summed E-state index contributed by atoms with van der Waals surface area (Å²) in [6.07, 6.45) is 4.84. The molecule has 0 radical (unpaired) electrons. The highest BCUT2D eigenvalue weighted by Gasteiger charge is 2.26. The second-order valence-electron chi connectivity index (χ2n) is 7.70. The van der Waals surface area contributed by atoms with E-state index in [0.29, 0.717) is 11.6 Å². The molecule has 1 saturated heterocycles. The summed E-state index contributed by atoms with van der Waals surface area (Å²) in [5, 5.41) is 12.3. The van der Waals surface area contributed by atoms with Crippen molar-refractivity contribution in [1.29, 1.82) is 0 Å². The molecule has 1 aromatic carbocycles. The van der Waals surface area contributed by atoms with Gasteiger partial charge in [0.05, 0.1) is 11.1 Å². The molecule has 2 aliphatic rings. The number of hydrogen-bond acceptors (Lipinski definition) is 6.